The van der Waals surface area contributed by atoms with Gasteiger partial charge in [0.25, 0.3) is 0 Å². The summed E-state index contributed by atoms with van der Waals surface area (Å²) in [5, 5.41) is 18.4. The first-order valence-corrected chi connectivity index (χ1v) is 6.92. The first-order chi connectivity index (χ1) is 8.31. The largest absolute Gasteiger partial charge is 0.192 e. The molecule has 82 valence electrons. The number of hydrogen-bond donors (Lipinski definition) is 0. The topological polar surface area (TPSA) is 47.6 Å². The highest BCUT2D eigenvalue weighted by molar-refractivity contribution is 8.00. The summed E-state index contributed by atoms with van der Waals surface area (Å²) in [6.45, 7) is 0. The monoisotopic (exact) mass is 256 g/mol. The Morgan fingerprint density at radius 2 is 1.82 bits per heavy atom. The lowest BCUT2D eigenvalue weighted by Crippen LogP contribution is -1.82. The zero-order chi connectivity index (χ0) is 12.3. The van der Waals surface area contributed by atoms with E-state index in [1.807, 2.05) is 36.6 Å². The van der Waals surface area contributed by atoms with Crippen LogP contribution < -0.4 is 0 Å². The lowest BCUT2D eigenvalue weighted by Gasteiger charge is -1.99. The molecule has 0 fully saturated rings. The van der Waals surface area contributed by atoms with Gasteiger partial charge in [-0.15, -0.1) is 23.1 Å². The average Bonchev–Trinajstić information content (AvgIpc) is 2.77. The van der Waals surface area contributed by atoms with E-state index in [0.29, 0.717) is 10.4 Å². The second-order valence-corrected chi connectivity index (χ2v) is 5.36. The van der Waals surface area contributed by atoms with Gasteiger partial charge in [0.2, 0.25) is 0 Å². The molecule has 2 rings (SSSR count). The molecule has 2 nitrogen and oxygen atoms in total. The second kappa shape index (κ2) is 5.05. The first kappa shape index (κ1) is 11.7. The van der Waals surface area contributed by atoms with Crippen molar-refractivity contribution >= 4 is 23.1 Å². The summed E-state index contributed by atoms with van der Waals surface area (Å²) in [5.74, 6) is 0. The van der Waals surface area contributed by atoms with Crippen molar-refractivity contribution in [3.63, 3.8) is 0 Å². The van der Waals surface area contributed by atoms with Gasteiger partial charge in [-0.05, 0) is 11.8 Å². The molecule has 0 unspecified atom stereocenters. The van der Waals surface area contributed by atoms with E-state index in [2.05, 4.69) is 12.1 Å². The summed E-state index contributed by atoms with van der Waals surface area (Å²) in [7, 11) is 0. The molecule has 1 aromatic heterocycles. The molecule has 0 amide bonds. The van der Waals surface area contributed by atoms with Crippen LogP contribution in [0.2, 0.25) is 0 Å². The van der Waals surface area contributed by atoms with Crippen LogP contribution in [0.15, 0.2) is 34.5 Å². The minimum Gasteiger partial charge on any atom is -0.192 e. The number of benzene rings is 1. The summed E-state index contributed by atoms with van der Waals surface area (Å²) in [6, 6.07) is 14.0. The summed E-state index contributed by atoms with van der Waals surface area (Å²) in [5.41, 5.74) is 2.31. The molecule has 1 heterocycles. The number of hydrogen-bond acceptors (Lipinski definition) is 4. The SMILES string of the molecule is CSc1sc(C#N)c(-c2ccccc2)c1C#N. The van der Waals surface area contributed by atoms with E-state index in [1.165, 1.54) is 23.1 Å². The van der Waals surface area contributed by atoms with Crippen LogP contribution in [0.3, 0.4) is 0 Å². The van der Waals surface area contributed by atoms with Crippen LogP contribution in [0.4, 0.5) is 0 Å². The van der Waals surface area contributed by atoms with Crippen LogP contribution in [-0.2, 0) is 0 Å². The Balaban J connectivity index is 2.73. The fourth-order valence-electron chi connectivity index (χ4n) is 1.61. The predicted molar refractivity (Wildman–Crippen MR) is 71.0 cm³/mol. The van der Waals surface area contributed by atoms with Crippen molar-refractivity contribution in [1.82, 2.24) is 0 Å². The van der Waals surface area contributed by atoms with Crippen LogP contribution in [0.25, 0.3) is 11.1 Å². The summed E-state index contributed by atoms with van der Waals surface area (Å²) in [4.78, 5) is 0.608. The predicted octanol–water partition coefficient (Wildman–Crippen LogP) is 3.88. The first-order valence-electron chi connectivity index (χ1n) is 4.88. The number of thioether (sulfide) groups is 1. The van der Waals surface area contributed by atoms with Crippen molar-refractivity contribution in [3.8, 4) is 23.3 Å². The highest BCUT2D eigenvalue weighted by atomic mass is 32.2. The van der Waals surface area contributed by atoms with Gasteiger partial charge in [0.1, 0.15) is 17.0 Å². The maximum atomic E-state index is 9.23. The molecule has 0 aliphatic rings. The zero-order valence-electron chi connectivity index (χ0n) is 9.10. The van der Waals surface area contributed by atoms with Gasteiger partial charge in [0.05, 0.1) is 9.77 Å². The molecule has 0 saturated heterocycles. The van der Waals surface area contributed by atoms with E-state index in [-0.39, 0.29) is 0 Å². The lowest BCUT2D eigenvalue weighted by atomic mass is 10.0. The molecule has 0 atom stereocenters. The molecule has 0 spiro atoms. The Hall–Kier alpha value is -1.75. The van der Waals surface area contributed by atoms with Gasteiger partial charge < -0.3 is 0 Å². The fraction of sp³-hybridized carbons (Fsp3) is 0.0769. The van der Waals surface area contributed by atoms with Crippen molar-refractivity contribution in [2.75, 3.05) is 6.26 Å². The molecule has 0 saturated carbocycles. The summed E-state index contributed by atoms with van der Waals surface area (Å²) >= 11 is 2.89. The van der Waals surface area contributed by atoms with Gasteiger partial charge in [-0.1, -0.05) is 30.3 Å². The zero-order valence-corrected chi connectivity index (χ0v) is 10.7. The van der Waals surface area contributed by atoms with Gasteiger partial charge in [-0.25, -0.2) is 0 Å². The Bertz CT molecular complexity index is 615. The molecule has 0 aliphatic carbocycles. The van der Waals surface area contributed by atoms with E-state index in [0.717, 1.165) is 15.3 Å². The van der Waals surface area contributed by atoms with Gasteiger partial charge in [-0.3, -0.25) is 0 Å². The summed E-state index contributed by atoms with van der Waals surface area (Å²) in [6.07, 6.45) is 1.92. The van der Waals surface area contributed by atoms with Crippen LogP contribution in [0.1, 0.15) is 10.4 Å². The standard InChI is InChI=1S/C13H8N2S2/c1-16-13-10(7-14)12(11(8-15)17-13)9-5-3-2-4-6-9/h2-6H,1H3. The maximum absolute atomic E-state index is 9.23. The van der Waals surface area contributed by atoms with Crippen molar-refractivity contribution in [2.24, 2.45) is 0 Å². The van der Waals surface area contributed by atoms with Crippen molar-refractivity contribution in [1.29, 1.82) is 10.5 Å². The van der Waals surface area contributed by atoms with Gasteiger partial charge in [0.15, 0.2) is 0 Å². The van der Waals surface area contributed by atoms with Crippen LogP contribution >= 0.6 is 23.1 Å². The smallest absolute Gasteiger partial charge is 0.115 e. The Labute approximate surface area is 108 Å². The second-order valence-electron chi connectivity index (χ2n) is 3.26. The lowest BCUT2D eigenvalue weighted by molar-refractivity contribution is 1.46. The van der Waals surface area contributed by atoms with Crippen molar-refractivity contribution in [3.05, 3.63) is 40.8 Å². The molecule has 4 heteroatoms. The minimum atomic E-state index is 0.608. The third kappa shape index (κ3) is 2.06. The molecule has 0 radical (unpaired) electrons. The molecule has 0 aliphatic heterocycles. The third-order valence-electron chi connectivity index (χ3n) is 2.34. The van der Waals surface area contributed by atoms with E-state index in [9.17, 15) is 5.26 Å². The normalized spacial score (nSPS) is 9.59. The third-order valence-corrected chi connectivity index (χ3v) is 4.55. The number of nitrogens with zero attached hydrogens (tertiary/aromatic N) is 2. The highest BCUT2D eigenvalue weighted by Crippen LogP contribution is 2.40. The van der Waals surface area contributed by atoms with Crippen LogP contribution in [0, 0.1) is 22.7 Å². The molecule has 0 N–H and O–H groups in total. The highest BCUT2D eigenvalue weighted by Gasteiger charge is 2.18. The van der Waals surface area contributed by atoms with Crippen molar-refractivity contribution in [2.45, 2.75) is 4.21 Å². The number of rotatable bonds is 2. The van der Waals surface area contributed by atoms with E-state index in [4.69, 9.17) is 5.26 Å². The van der Waals surface area contributed by atoms with Gasteiger partial charge >= 0.3 is 0 Å². The van der Waals surface area contributed by atoms with Crippen LogP contribution in [0.5, 0.6) is 0 Å². The van der Waals surface area contributed by atoms with E-state index in [1.54, 1.807) is 0 Å². The molecular weight excluding hydrogens is 248 g/mol. The maximum Gasteiger partial charge on any atom is 0.115 e. The molecular formula is C13H8N2S2. The van der Waals surface area contributed by atoms with Gasteiger partial charge in [0, 0.05) is 5.56 Å². The Morgan fingerprint density at radius 3 is 2.35 bits per heavy atom. The molecule has 2 aromatic rings. The average molecular weight is 256 g/mol. The fourth-order valence-corrected chi connectivity index (χ4v) is 3.35. The summed E-state index contributed by atoms with van der Waals surface area (Å²) < 4.78 is 0.905. The Morgan fingerprint density at radius 1 is 1.12 bits per heavy atom. The molecule has 1 aromatic carbocycles. The molecule has 0 bridgehead atoms. The van der Waals surface area contributed by atoms with Crippen LogP contribution in [-0.4, -0.2) is 6.26 Å². The van der Waals surface area contributed by atoms with Crippen molar-refractivity contribution < 1.29 is 0 Å². The van der Waals surface area contributed by atoms with E-state index < -0.39 is 0 Å². The van der Waals surface area contributed by atoms with E-state index >= 15 is 0 Å². The minimum absolute atomic E-state index is 0.608. The molecule has 17 heavy (non-hydrogen) atoms. The quantitative estimate of drug-likeness (QED) is 0.766. The van der Waals surface area contributed by atoms with Gasteiger partial charge in [-0.2, -0.15) is 10.5 Å². The number of thiophene rings is 1. The Kier molecular flexibility index (Phi) is 3.49. The number of nitriles is 2.